The molecule has 1 saturated carbocycles. The van der Waals surface area contributed by atoms with E-state index < -0.39 is 0 Å². The Kier molecular flexibility index (Phi) is 5.33. The number of carbonyl (C=O) groups excluding carboxylic acids is 2. The van der Waals surface area contributed by atoms with E-state index in [0.717, 1.165) is 40.7 Å². The van der Waals surface area contributed by atoms with Crippen LogP contribution >= 0.6 is 11.8 Å². The predicted molar refractivity (Wildman–Crippen MR) is 95.8 cm³/mol. The lowest BCUT2D eigenvalue weighted by Gasteiger charge is -2.07. The zero-order valence-corrected chi connectivity index (χ0v) is 15.0. The third kappa shape index (κ3) is 5.03. The number of hydrogen-bond donors (Lipinski definition) is 2. The Labute approximate surface area is 150 Å². The highest BCUT2D eigenvalue weighted by atomic mass is 32.2. The van der Waals surface area contributed by atoms with Gasteiger partial charge in [0.05, 0.1) is 0 Å². The maximum Gasteiger partial charge on any atom is 0.269 e. The van der Waals surface area contributed by atoms with Gasteiger partial charge in [-0.1, -0.05) is 23.9 Å². The Morgan fingerprint density at radius 2 is 1.72 bits per heavy atom. The SMILES string of the molecule is Cc1cc(C)nc(SCc2ccc(C(=O)NNC(=O)C3CC3)cc2)n1. The Bertz CT molecular complexity index is 768. The third-order valence-electron chi connectivity index (χ3n) is 3.79. The molecule has 0 radical (unpaired) electrons. The minimum absolute atomic E-state index is 0.0622. The second-order valence-electron chi connectivity index (χ2n) is 6.14. The van der Waals surface area contributed by atoms with Gasteiger partial charge in [-0.05, 0) is 50.5 Å². The smallest absolute Gasteiger partial charge is 0.269 e. The highest BCUT2D eigenvalue weighted by Crippen LogP contribution is 2.28. The van der Waals surface area contributed by atoms with Crippen molar-refractivity contribution >= 4 is 23.6 Å². The van der Waals surface area contributed by atoms with Gasteiger partial charge in [-0.2, -0.15) is 0 Å². The predicted octanol–water partition coefficient (Wildman–Crippen LogP) is 2.56. The van der Waals surface area contributed by atoms with Crippen molar-refractivity contribution in [1.82, 2.24) is 20.8 Å². The molecule has 7 heteroatoms. The van der Waals surface area contributed by atoms with Gasteiger partial charge in [-0.3, -0.25) is 20.4 Å². The van der Waals surface area contributed by atoms with Crippen LogP contribution in [0.1, 0.15) is 40.2 Å². The Balaban J connectivity index is 1.52. The Morgan fingerprint density at radius 3 is 2.32 bits per heavy atom. The van der Waals surface area contributed by atoms with Crippen LogP contribution in [-0.4, -0.2) is 21.8 Å². The molecule has 6 nitrogen and oxygen atoms in total. The lowest BCUT2D eigenvalue weighted by Crippen LogP contribution is -2.42. The van der Waals surface area contributed by atoms with Crippen LogP contribution in [0.15, 0.2) is 35.5 Å². The second kappa shape index (κ2) is 7.65. The van der Waals surface area contributed by atoms with Crippen molar-refractivity contribution in [1.29, 1.82) is 0 Å². The average molecular weight is 356 g/mol. The number of hydrazine groups is 1. The van der Waals surface area contributed by atoms with Gasteiger partial charge < -0.3 is 0 Å². The van der Waals surface area contributed by atoms with Crippen molar-refractivity contribution < 1.29 is 9.59 Å². The van der Waals surface area contributed by atoms with Gasteiger partial charge in [0, 0.05) is 28.6 Å². The maximum atomic E-state index is 12.0. The first-order chi connectivity index (χ1) is 12.0. The van der Waals surface area contributed by atoms with E-state index in [2.05, 4.69) is 20.8 Å². The monoisotopic (exact) mass is 356 g/mol. The second-order valence-corrected chi connectivity index (χ2v) is 7.08. The van der Waals surface area contributed by atoms with Gasteiger partial charge in [-0.15, -0.1) is 0 Å². The molecule has 0 atom stereocenters. The summed E-state index contributed by atoms with van der Waals surface area (Å²) in [6.45, 7) is 3.91. The number of carbonyl (C=O) groups is 2. The van der Waals surface area contributed by atoms with Crippen molar-refractivity contribution in [2.45, 2.75) is 37.6 Å². The van der Waals surface area contributed by atoms with Crippen LogP contribution in [0.25, 0.3) is 0 Å². The molecule has 1 heterocycles. The molecule has 0 unspecified atom stereocenters. The molecular formula is C18H20N4O2S. The molecule has 0 spiro atoms. The van der Waals surface area contributed by atoms with E-state index in [4.69, 9.17) is 0 Å². The molecule has 1 fully saturated rings. The zero-order chi connectivity index (χ0) is 17.8. The van der Waals surface area contributed by atoms with E-state index in [-0.39, 0.29) is 17.7 Å². The third-order valence-corrected chi connectivity index (χ3v) is 4.71. The van der Waals surface area contributed by atoms with Crippen molar-refractivity contribution in [3.8, 4) is 0 Å². The molecule has 2 aromatic rings. The van der Waals surface area contributed by atoms with Crippen LogP contribution in [0, 0.1) is 19.8 Å². The van der Waals surface area contributed by atoms with E-state index in [0.29, 0.717) is 5.56 Å². The number of benzene rings is 1. The summed E-state index contributed by atoms with van der Waals surface area (Å²) in [5, 5.41) is 0.752. The number of aromatic nitrogens is 2. The van der Waals surface area contributed by atoms with Crippen LogP contribution < -0.4 is 10.9 Å². The van der Waals surface area contributed by atoms with Gasteiger partial charge >= 0.3 is 0 Å². The maximum absolute atomic E-state index is 12.0. The number of nitrogens with one attached hydrogen (secondary N) is 2. The molecular weight excluding hydrogens is 336 g/mol. The Morgan fingerprint density at radius 1 is 1.08 bits per heavy atom. The average Bonchev–Trinajstić information content (AvgIpc) is 3.42. The summed E-state index contributed by atoms with van der Waals surface area (Å²) in [5.74, 6) is 0.358. The van der Waals surface area contributed by atoms with Crippen molar-refractivity contribution in [3.63, 3.8) is 0 Å². The Hall–Kier alpha value is -2.41. The van der Waals surface area contributed by atoms with Crippen LogP contribution in [0.5, 0.6) is 0 Å². The fourth-order valence-corrected chi connectivity index (χ4v) is 3.20. The van der Waals surface area contributed by atoms with Crippen LogP contribution in [0.3, 0.4) is 0 Å². The quantitative estimate of drug-likeness (QED) is 0.489. The first-order valence-electron chi connectivity index (χ1n) is 8.15. The molecule has 2 N–H and O–H groups in total. The van der Waals surface area contributed by atoms with E-state index in [1.165, 1.54) is 0 Å². The first-order valence-corrected chi connectivity index (χ1v) is 9.14. The van der Waals surface area contributed by atoms with Crippen molar-refractivity contribution in [2.24, 2.45) is 5.92 Å². The minimum atomic E-state index is -0.314. The summed E-state index contributed by atoms with van der Waals surface area (Å²) in [7, 11) is 0. The number of aryl methyl sites for hydroxylation is 2. The van der Waals surface area contributed by atoms with E-state index in [9.17, 15) is 9.59 Å². The molecule has 3 rings (SSSR count). The van der Waals surface area contributed by atoms with Gasteiger partial charge in [0.1, 0.15) is 0 Å². The molecule has 1 aromatic carbocycles. The lowest BCUT2D eigenvalue weighted by molar-refractivity contribution is -0.123. The zero-order valence-electron chi connectivity index (χ0n) is 14.2. The number of thioether (sulfide) groups is 1. The minimum Gasteiger partial charge on any atom is -0.273 e. The van der Waals surface area contributed by atoms with E-state index in [1.54, 1.807) is 23.9 Å². The van der Waals surface area contributed by atoms with Gasteiger partial charge in [-0.25, -0.2) is 9.97 Å². The standard InChI is InChI=1S/C18H20N4O2S/c1-11-9-12(2)20-18(19-11)25-10-13-3-5-14(6-4-13)16(23)21-22-17(24)15-7-8-15/h3-6,9,15H,7-8,10H2,1-2H3,(H,21,23)(H,22,24). The van der Waals surface area contributed by atoms with Gasteiger partial charge in [0.2, 0.25) is 5.91 Å². The summed E-state index contributed by atoms with van der Waals surface area (Å²) >= 11 is 1.56. The number of amides is 2. The number of hydrogen-bond acceptors (Lipinski definition) is 5. The van der Waals surface area contributed by atoms with Crippen molar-refractivity contribution in [3.05, 3.63) is 52.8 Å². The highest BCUT2D eigenvalue weighted by Gasteiger charge is 2.29. The van der Waals surface area contributed by atoms with Gasteiger partial charge in [0.15, 0.2) is 5.16 Å². The van der Waals surface area contributed by atoms with E-state index >= 15 is 0 Å². The van der Waals surface area contributed by atoms with E-state index in [1.807, 2.05) is 32.0 Å². The molecule has 0 saturated heterocycles. The topological polar surface area (TPSA) is 84.0 Å². The molecule has 0 aliphatic heterocycles. The fourth-order valence-electron chi connectivity index (χ4n) is 2.30. The first kappa shape index (κ1) is 17.4. The number of nitrogens with zero attached hydrogens (tertiary/aromatic N) is 2. The molecule has 1 aliphatic rings. The highest BCUT2D eigenvalue weighted by molar-refractivity contribution is 7.98. The van der Waals surface area contributed by atoms with Crippen LogP contribution in [0.2, 0.25) is 0 Å². The summed E-state index contributed by atoms with van der Waals surface area (Å²) in [5.41, 5.74) is 8.39. The van der Waals surface area contributed by atoms with Crippen LogP contribution in [0.4, 0.5) is 0 Å². The molecule has 25 heavy (non-hydrogen) atoms. The summed E-state index contributed by atoms with van der Waals surface area (Å²) < 4.78 is 0. The summed E-state index contributed by atoms with van der Waals surface area (Å²) in [6.07, 6.45) is 1.80. The summed E-state index contributed by atoms with van der Waals surface area (Å²) in [4.78, 5) is 32.3. The largest absolute Gasteiger partial charge is 0.273 e. The van der Waals surface area contributed by atoms with Gasteiger partial charge in [0.25, 0.3) is 5.91 Å². The molecule has 1 aromatic heterocycles. The number of rotatable bonds is 5. The fraction of sp³-hybridized carbons (Fsp3) is 0.333. The molecule has 1 aliphatic carbocycles. The molecule has 130 valence electrons. The normalized spacial score (nSPS) is 13.4. The lowest BCUT2D eigenvalue weighted by atomic mass is 10.1. The van der Waals surface area contributed by atoms with Crippen LogP contribution in [-0.2, 0) is 10.5 Å². The summed E-state index contributed by atoms with van der Waals surface area (Å²) in [6, 6.07) is 9.23. The molecule has 0 bridgehead atoms. The molecule has 2 amide bonds. The van der Waals surface area contributed by atoms with Crippen molar-refractivity contribution in [2.75, 3.05) is 0 Å².